The van der Waals surface area contributed by atoms with Gasteiger partial charge in [-0.25, -0.2) is 9.78 Å². The summed E-state index contributed by atoms with van der Waals surface area (Å²) in [6.45, 7) is 0. The Balaban J connectivity index is 1.35. The molecule has 31 heavy (non-hydrogen) atoms. The fourth-order valence-electron chi connectivity index (χ4n) is 2.84. The van der Waals surface area contributed by atoms with Crippen molar-refractivity contribution in [3.63, 3.8) is 0 Å². The predicted octanol–water partition coefficient (Wildman–Crippen LogP) is 5.53. The lowest BCUT2D eigenvalue weighted by Gasteiger charge is -2.09. The van der Waals surface area contributed by atoms with Gasteiger partial charge in [-0.15, -0.1) is 0 Å². The number of rotatable bonds is 5. The molecule has 4 rings (SSSR count). The zero-order chi connectivity index (χ0) is 21.6. The van der Waals surface area contributed by atoms with Crippen molar-refractivity contribution in [1.82, 2.24) is 9.55 Å². The summed E-state index contributed by atoms with van der Waals surface area (Å²) in [4.78, 5) is 28.7. The molecule has 3 aromatic carbocycles. The summed E-state index contributed by atoms with van der Waals surface area (Å²) < 4.78 is 2.75. The largest absolute Gasteiger partial charge is 0.323 e. The first-order valence-electron chi connectivity index (χ1n) is 9.41. The fourth-order valence-corrected chi connectivity index (χ4v) is 3.11. The third-order valence-corrected chi connectivity index (χ3v) is 4.90. The van der Waals surface area contributed by atoms with Gasteiger partial charge < -0.3 is 20.5 Å². The Hall–Kier alpha value is -3.91. The van der Waals surface area contributed by atoms with Crippen LogP contribution in [-0.4, -0.2) is 21.5 Å². The number of imidazole rings is 1. The van der Waals surface area contributed by atoms with Crippen LogP contribution in [0.25, 0.3) is 5.69 Å². The Bertz CT molecular complexity index is 1190. The molecule has 4 aromatic rings. The minimum Gasteiger partial charge on any atom is -0.321 e. The van der Waals surface area contributed by atoms with E-state index in [4.69, 9.17) is 0 Å². The number of hydrogen-bond acceptors (Lipinski definition) is 3. The lowest BCUT2D eigenvalue weighted by molar-refractivity contribution is 0.102. The Labute approximate surface area is 187 Å². The van der Waals surface area contributed by atoms with Gasteiger partial charge in [0.15, 0.2) is 0 Å². The molecule has 3 amide bonds. The normalized spacial score (nSPS) is 10.4. The minimum atomic E-state index is -0.346. The zero-order valence-corrected chi connectivity index (χ0v) is 17.8. The number of para-hydroxylation sites is 1. The Morgan fingerprint density at radius 2 is 1.32 bits per heavy atom. The second-order valence-corrected chi connectivity index (χ2v) is 7.53. The topological polar surface area (TPSA) is 88.0 Å². The van der Waals surface area contributed by atoms with E-state index in [1.165, 1.54) is 0 Å². The van der Waals surface area contributed by atoms with Crippen molar-refractivity contribution < 1.29 is 9.59 Å². The summed E-state index contributed by atoms with van der Waals surface area (Å²) in [7, 11) is 0. The highest BCUT2D eigenvalue weighted by Crippen LogP contribution is 2.17. The number of carbonyl (C=O) groups excluding carboxylic acids is 2. The van der Waals surface area contributed by atoms with Crippen LogP contribution in [0.4, 0.5) is 21.9 Å². The van der Waals surface area contributed by atoms with E-state index in [0.29, 0.717) is 22.8 Å². The monoisotopic (exact) mass is 475 g/mol. The van der Waals surface area contributed by atoms with E-state index >= 15 is 0 Å². The molecule has 1 aromatic heterocycles. The van der Waals surface area contributed by atoms with Crippen LogP contribution in [0.3, 0.4) is 0 Å². The molecule has 0 aliphatic rings. The summed E-state index contributed by atoms with van der Waals surface area (Å²) in [6.07, 6.45) is 3.26. The standard InChI is InChI=1S/C23H18BrN5O2/c24-16-6-12-20(13-7-16)29-14-21(25-15-29)22(30)26-18-8-10-19(11-9-18)28-23(31)27-17-4-2-1-3-5-17/h1-15H,(H,26,30)(H2,27,28,31). The van der Waals surface area contributed by atoms with E-state index in [2.05, 4.69) is 36.9 Å². The number of anilines is 3. The van der Waals surface area contributed by atoms with Crippen molar-refractivity contribution in [2.45, 2.75) is 0 Å². The second kappa shape index (κ2) is 9.27. The van der Waals surface area contributed by atoms with Crippen LogP contribution in [0.2, 0.25) is 0 Å². The molecule has 0 bridgehead atoms. The van der Waals surface area contributed by atoms with Gasteiger partial charge in [-0.2, -0.15) is 0 Å². The lowest BCUT2D eigenvalue weighted by Crippen LogP contribution is -2.19. The molecular formula is C23H18BrN5O2. The molecule has 0 saturated heterocycles. The van der Waals surface area contributed by atoms with Gasteiger partial charge >= 0.3 is 6.03 Å². The average molecular weight is 476 g/mol. The van der Waals surface area contributed by atoms with Gasteiger partial charge in [0.25, 0.3) is 5.91 Å². The Morgan fingerprint density at radius 1 is 0.742 bits per heavy atom. The summed E-state index contributed by atoms with van der Waals surface area (Å²) in [6, 6.07) is 23.3. The maximum Gasteiger partial charge on any atom is 0.323 e. The molecule has 3 N–H and O–H groups in total. The van der Waals surface area contributed by atoms with E-state index < -0.39 is 0 Å². The van der Waals surface area contributed by atoms with E-state index in [1.54, 1.807) is 53.5 Å². The van der Waals surface area contributed by atoms with Crippen LogP contribution in [0.1, 0.15) is 10.5 Å². The summed E-state index contributed by atoms with van der Waals surface area (Å²) >= 11 is 3.40. The molecule has 0 radical (unpaired) electrons. The van der Waals surface area contributed by atoms with Crippen molar-refractivity contribution in [3.8, 4) is 5.69 Å². The van der Waals surface area contributed by atoms with Gasteiger partial charge in [0.1, 0.15) is 12.0 Å². The molecule has 0 atom stereocenters. The highest BCUT2D eigenvalue weighted by atomic mass is 79.9. The van der Waals surface area contributed by atoms with Gasteiger partial charge in [0.2, 0.25) is 0 Å². The third kappa shape index (κ3) is 5.37. The van der Waals surface area contributed by atoms with E-state index in [-0.39, 0.29) is 11.9 Å². The van der Waals surface area contributed by atoms with E-state index in [9.17, 15) is 9.59 Å². The van der Waals surface area contributed by atoms with Gasteiger partial charge in [-0.05, 0) is 60.7 Å². The maximum atomic E-state index is 12.5. The zero-order valence-electron chi connectivity index (χ0n) is 16.2. The number of benzene rings is 3. The predicted molar refractivity (Wildman–Crippen MR) is 125 cm³/mol. The number of amides is 3. The second-order valence-electron chi connectivity index (χ2n) is 6.62. The fraction of sp³-hybridized carbons (Fsp3) is 0. The van der Waals surface area contributed by atoms with Crippen molar-refractivity contribution in [2.75, 3.05) is 16.0 Å². The number of nitrogens with one attached hydrogen (secondary N) is 3. The maximum absolute atomic E-state index is 12.5. The van der Waals surface area contributed by atoms with Crippen LogP contribution in [0, 0.1) is 0 Å². The first kappa shape index (κ1) is 20.4. The van der Waals surface area contributed by atoms with Crippen LogP contribution < -0.4 is 16.0 Å². The van der Waals surface area contributed by atoms with Crippen molar-refractivity contribution in [1.29, 1.82) is 0 Å². The van der Waals surface area contributed by atoms with Gasteiger partial charge in [0.05, 0.1) is 0 Å². The van der Waals surface area contributed by atoms with Crippen molar-refractivity contribution in [3.05, 3.63) is 102 Å². The molecule has 0 unspecified atom stereocenters. The average Bonchev–Trinajstić information content (AvgIpc) is 3.27. The summed E-state index contributed by atoms with van der Waals surface area (Å²) in [5.74, 6) is -0.321. The quantitative estimate of drug-likeness (QED) is 0.354. The number of aromatic nitrogens is 2. The molecule has 0 saturated carbocycles. The number of urea groups is 1. The molecule has 0 spiro atoms. The van der Waals surface area contributed by atoms with Gasteiger partial charge in [-0.1, -0.05) is 34.1 Å². The number of carbonyl (C=O) groups is 2. The number of nitrogens with zero attached hydrogens (tertiary/aromatic N) is 2. The van der Waals surface area contributed by atoms with Crippen LogP contribution in [-0.2, 0) is 0 Å². The molecular weight excluding hydrogens is 458 g/mol. The molecule has 0 aliphatic carbocycles. The molecule has 1 heterocycles. The van der Waals surface area contributed by atoms with Crippen molar-refractivity contribution >= 4 is 44.9 Å². The highest BCUT2D eigenvalue weighted by molar-refractivity contribution is 9.10. The van der Waals surface area contributed by atoms with Gasteiger partial charge in [0, 0.05) is 33.4 Å². The van der Waals surface area contributed by atoms with Crippen LogP contribution in [0.5, 0.6) is 0 Å². The third-order valence-electron chi connectivity index (χ3n) is 4.37. The molecule has 154 valence electrons. The Morgan fingerprint density at radius 3 is 1.97 bits per heavy atom. The van der Waals surface area contributed by atoms with E-state index in [0.717, 1.165) is 10.2 Å². The van der Waals surface area contributed by atoms with Crippen LogP contribution in [0.15, 0.2) is 95.9 Å². The van der Waals surface area contributed by atoms with Gasteiger partial charge in [-0.3, -0.25) is 4.79 Å². The number of hydrogen-bond donors (Lipinski definition) is 3. The first-order chi connectivity index (χ1) is 15.1. The minimum absolute atomic E-state index is 0.298. The molecule has 0 aliphatic heterocycles. The number of halogens is 1. The lowest BCUT2D eigenvalue weighted by atomic mass is 10.2. The van der Waals surface area contributed by atoms with Crippen molar-refractivity contribution in [2.24, 2.45) is 0 Å². The highest BCUT2D eigenvalue weighted by Gasteiger charge is 2.11. The molecule has 0 fully saturated rings. The van der Waals surface area contributed by atoms with E-state index in [1.807, 2.05) is 42.5 Å². The SMILES string of the molecule is O=C(Nc1ccccc1)Nc1ccc(NC(=O)c2cn(-c3ccc(Br)cc3)cn2)cc1. The van der Waals surface area contributed by atoms with Crippen LogP contribution >= 0.6 is 15.9 Å². The summed E-state index contributed by atoms with van der Waals surface area (Å²) in [5, 5.41) is 8.29. The molecule has 8 heteroatoms. The summed E-state index contributed by atoms with van der Waals surface area (Å²) in [5.41, 5.74) is 3.10. The molecule has 7 nitrogen and oxygen atoms in total. The first-order valence-corrected chi connectivity index (χ1v) is 10.2. The smallest absolute Gasteiger partial charge is 0.321 e. The Kier molecular flexibility index (Phi) is 6.09.